The Morgan fingerprint density at radius 1 is 1.60 bits per heavy atom. The van der Waals surface area contributed by atoms with E-state index in [1.54, 1.807) is 0 Å². The lowest BCUT2D eigenvalue weighted by atomic mass is 10.3. The predicted octanol–water partition coefficient (Wildman–Crippen LogP) is 2.69. The van der Waals surface area contributed by atoms with Crippen molar-refractivity contribution in [1.82, 2.24) is 4.72 Å². The normalized spacial score (nSPS) is 9.73. The summed E-state index contributed by atoms with van der Waals surface area (Å²) in [6.45, 7) is 0. The summed E-state index contributed by atoms with van der Waals surface area (Å²) in [5, 5.41) is 9.61. The first kappa shape index (κ1) is 11.7. The van der Waals surface area contributed by atoms with Gasteiger partial charge in [-0.1, -0.05) is 0 Å². The van der Waals surface area contributed by atoms with Crippen LogP contribution in [-0.2, 0) is 0 Å². The number of halogens is 2. The van der Waals surface area contributed by atoms with Gasteiger partial charge in [-0.15, -0.1) is 0 Å². The first-order valence-corrected chi connectivity index (χ1v) is 4.76. The lowest BCUT2D eigenvalue weighted by Crippen LogP contribution is -2.06. The lowest BCUT2D eigenvalue weighted by Gasteiger charge is -2.01. The highest BCUT2D eigenvalue weighted by atomic mass is 35.5. The first-order valence-electron chi connectivity index (χ1n) is 3.57. The third kappa shape index (κ3) is 3.37. The molecule has 0 heterocycles. The fraction of sp³-hybridized carbons (Fsp3) is 0. The zero-order valence-electron chi connectivity index (χ0n) is 7.07. The van der Waals surface area contributed by atoms with Gasteiger partial charge in [0.2, 0.25) is 0 Å². The van der Waals surface area contributed by atoms with Gasteiger partial charge in [0.05, 0.1) is 4.92 Å². The summed E-state index contributed by atoms with van der Waals surface area (Å²) in [4.78, 5) is 20.2. The Hall–Kier alpha value is -1.34. The number of nitrogens with one attached hydrogen (secondary N) is 1. The molecule has 0 spiro atoms. The smallest absolute Gasteiger partial charge is 0.282 e. The van der Waals surface area contributed by atoms with Crippen LogP contribution in [0.1, 0.15) is 0 Å². The molecule has 5 nitrogen and oxygen atoms in total. The minimum Gasteiger partial charge on any atom is -0.282 e. The van der Waals surface area contributed by atoms with Crippen molar-refractivity contribution in [3.05, 3.63) is 34.1 Å². The van der Waals surface area contributed by atoms with E-state index in [1.165, 1.54) is 0 Å². The molecule has 1 rings (SSSR count). The Labute approximate surface area is 92.9 Å². The van der Waals surface area contributed by atoms with E-state index < -0.39 is 16.1 Å². The Morgan fingerprint density at radius 3 is 2.80 bits per heavy atom. The zero-order chi connectivity index (χ0) is 11.4. The van der Waals surface area contributed by atoms with Crippen LogP contribution in [0.3, 0.4) is 0 Å². The zero-order valence-corrected chi connectivity index (χ0v) is 8.64. The van der Waals surface area contributed by atoms with Gasteiger partial charge in [0.15, 0.2) is 0 Å². The summed E-state index contributed by atoms with van der Waals surface area (Å²) in [5.41, 5.74) is -0.299. The van der Waals surface area contributed by atoms with E-state index in [0.717, 1.165) is 18.2 Å². The Bertz CT molecular complexity index is 415. The molecule has 0 bridgehead atoms. The average molecular weight is 251 g/mol. The van der Waals surface area contributed by atoms with Crippen LogP contribution in [0, 0.1) is 15.9 Å². The van der Waals surface area contributed by atoms with Crippen LogP contribution < -0.4 is 4.72 Å². The minimum absolute atomic E-state index is 0.0194. The Balaban J connectivity index is 2.96. The van der Waals surface area contributed by atoms with Crippen molar-refractivity contribution >= 4 is 34.6 Å². The number of nitro groups is 1. The van der Waals surface area contributed by atoms with E-state index >= 15 is 0 Å². The van der Waals surface area contributed by atoms with Crippen LogP contribution in [0.15, 0.2) is 23.1 Å². The largest absolute Gasteiger partial charge is 0.323 e. The third-order valence-electron chi connectivity index (χ3n) is 1.36. The topological polar surface area (TPSA) is 72.2 Å². The maximum absolute atomic E-state index is 12.8. The van der Waals surface area contributed by atoms with Crippen LogP contribution in [0.4, 0.5) is 14.9 Å². The third-order valence-corrected chi connectivity index (χ3v) is 2.40. The second kappa shape index (κ2) is 4.94. The summed E-state index contributed by atoms with van der Waals surface area (Å²) in [6.07, 6.45) is 0. The van der Waals surface area contributed by atoms with Gasteiger partial charge in [-0.3, -0.25) is 19.6 Å². The molecule has 0 unspecified atom stereocenters. The van der Waals surface area contributed by atoms with E-state index in [1.807, 2.05) is 0 Å². The van der Waals surface area contributed by atoms with Crippen LogP contribution in [0.2, 0.25) is 0 Å². The van der Waals surface area contributed by atoms with Crippen LogP contribution >= 0.6 is 23.5 Å². The quantitative estimate of drug-likeness (QED) is 0.294. The molecule has 0 radical (unpaired) electrons. The molecule has 1 N–H and O–H groups in total. The number of rotatable bonds is 3. The van der Waals surface area contributed by atoms with Crippen molar-refractivity contribution in [2.75, 3.05) is 0 Å². The summed E-state index contributed by atoms with van der Waals surface area (Å²) < 4.78 is 14.8. The second-order valence-corrected chi connectivity index (χ2v) is 3.54. The van der Waals surface area contributed by atoms with E-state index in [0.29, 0.717) is 11.9 Å². The fourth-order valence-electron chi connectivity index (χ4n) is 0.816. The Morgan fingerprint density at radius 2 is 2.27 bits per heavy atom. The van der Waals surface area contributed by atoms with Crippen molar-refractivity contribution in [2.24, 2.45) is 0 Å². The summed E-state index contributed by atoms with van der Waals surface area (Å²) in [7, 11) is 0. The highest BCUT2D eigenvalue weighted by molar-refractivity contribution is 7.98. The molecule has 0 saturated carbocycles. The number of hydrogen-bond donors (Lipinski definition) is 1. The van der Waals surface area contributed by atoms with Gasteiger partial charge in [-0.25, -0.2) is 4.39 Å². The number of nitro benzene ring substituents is 1. The van der Waals surface area contributed by atoms with Gasteiger partial charge in [0.25, 0.3) is 5.69 Å². The molecule has 0 atom stereocenters. The van der Waals surface area contributed by atoms with Crippen molar-refractivity contribution < 1.29 is 14.1 Å². The molecule has 0 aliphatic heterocycles. The monoisotopic (exact) mass is 250 g/mol. The molecule has 0 fully saturated rings. The van der Waals surface area contributed by atoms with Crippen molar-refractivity contribution in [3.8, 4) is 0 Å². The van der Waals surface area contributed by atoms with Gasteiger partial charge in [-0.05, 0) is 35.7 Å². The number of hydrogen-bond acceptors (Lipinski definition) is 4. The predicted molar refractivity (Wildman–Crippen MR) is 53.3 cm³/mol. The van der Waals surface area contributed by atoms with Gasteiger partial charge in [0.1, 0.15) is 10.7 Å². The summed E-state index contributed by atoms with van der Waals surface area (Å²) in [6, 6.07) is 2.92. The molecule has 8 heteroatoms. The summed E-state index contributed by atoms with van der Waals surface area (Å²) >= 11 is 5.55. The fourth-order valence-corrected chi connectivity index (χ4v) is 1.54. The van der Waals surface area contributed by atoms with E-state index in [-0.39, 0.29) is 10.6 Å². The van der Waals surface area contributed by atoms with E-state index in [9.17, 15) is 19.3 Å². The summed E-state index contributed by atoms with van der Waals surface area (Å²) in [5.74, 6) is -0.632. The minimum atomic E-state index is -0.890. The maximum atomic E-state index is 12.8. The van der Waals surface area contributed by atoms with E-state index in [4.69, 9.17) is 11.6 Å². The average Bonchev–Trinajstić information content (AvgIpc) is 2.14. The van der Waals surface area contributed by atoms with Crippen molar-refractivity contribution in [1.29, 1.82) is 0 Å². The Kier molecular flexibility index (Phi) is 3.87. The molecule has 1 aromatic carbocycles. The second-order valence-electron chi connectivity index (χ2n) is 2.35. The molecular formula is C7H4ClFN2O3S. The van der Waals surface area contributed by atoms with Crippen LogP contribution in [-0.4, -0.2) is 10.3 Å². The van der Waals surface area contributed by atoms with Crippen molar-refractivity contribution in [2.45, 2.75) is 4.90 Å². The molecule has 0 aromatic heterocycles. The van der Waals surface area contributed by atoms with Gasteiger partial charge in [-0.2, -0.15) is 0 Å². The van der Waals surface area contributed by atoms with Gasteiger partial charge in [0, 0.05) is 6.07 Å². The van der Waals surface area contributed by atoms with Crippen LogP contribution in [0.25, 0.3) is 0 Å². The molecule has 1 aromatic rings. The number of nitrogens with zero attached hydrogens (tertiary/aromatic N) is 1. The molecule has 80 valence electrons. The highest BCUT2D eigenvalue weighted by Gasteiger charge is 2.15. The molecule has 0 aliphatic carbocycles. The molecule has 0 aliphatic rings. The van der Waals surface area contributed by atoms with Gasteiger partial charge < -0.3 is 0 Å². The van der Waals surface area contributed by atoms with Gasteiger partial charge >= 0.3 is 5.37 Å². The molecule has 15 heavy (non-hydrogen) atoms. The number of benzene rings is 1. The number of carbonyl (C=O) groups is 1. The maximum Gasteiger partial charge on any atom is 0.323 e. The van der Waals surface area contributed by atoms with Crippen LogP contribution in [0.5, 0.6) is 0 Å². The molecule has 1 amide bonds. The van der Waals surface area contributed by atoms with Crippen molar-refractivity contribution in [3.63, 3.8) is 0 Å². The molecule has 0 saturated heterocycles. The first-order chi connectivity index (χ1) is 7.00. The molecular weight excluding hydrogens is 247 g/mol. The van der Waals surface area contributed by atoms with E-state index in [2.05, 4.69) is 4.72 Å². The lowest BCUT2D eigenvalue weighted by molar-refractivity contribution is -0.387. The number of amides is 1. The standard InChI is InChI=1S/C7H4ClFN2O3S/c8-7(12)10-15-6-3-4(9)1-2-5(6)11(13)14/h1-3H,(H,10,12). The highest BCUT2D eigenvalue weighted by Crippen LogP contribution is 2.27. The SMILES string of the molecule is O=C(Cl)NSc1cc(F)ccc1[N+](=O)[O-]. The number of carbonyl (C=O) groups excluding carboxylic acids is 1.